The van der Waals surface area contributed by atoms with Gasteiger partial charge in [-0.2, -0.15) is 0 Å². The second kappa shape index (κ2) is 5.75. The summed E-state index contributed by atoms with van der Waals surface area (Å²) in [5.74, 6) is 0. The van der Waals surface area contributed by atoms with Crippen molar-refractivity contribution in [2.45, 2.75) is 6.92 Å². The van der Waals surface area contributed by atoms with Crippen LogP contribution in [0, 0.1) is 20.6 Å². The van der Waals surface area contributed by atoms with Gasteiger partial charge in [0.2, 0.25) is 0 Å². The molecule has 19 heavy (non-hydrogen) atoms. The third-order valence-electron chi connectivity index (χ3n) is 2.55. The molecule has 98 valence electrons. The van der Waals surface area contributed by atoms with E-state index in [1.165, 1.54) is 6.07 Å². The van der Waals surface area contributed by atoms with Gasteiger partial charge in [0.25, 0.3) is 5.69 Å². The highest BCUT2D eigenvalue weighted by Crippen LogP contribution is 2.29. The Morgan fingerprint density at radius 1 is 1.26 bits per heavy atom. The SMILES string of the molecule is Cc1ccc(Cl)c(Nc2ccc([N+](=O)[O-])c(I)c2)c1. The Hall–Kier alpha value is -1.34. The van der Waals surface area contributed by atoms with Crippen molar-refractivity contribution in [1.29, 1.82) is 0 Å². The van der Waals surface area contributed by atoms with E-state index < -0.39 is 4.92 Å². The Bertz CT molecular complexity index is 647. The van der Waals surface area contributed by atoms with Gasteiger partial charge >= 0.3 is 0 Å². The molecule has 0 atom stereocenters. The summed E-state index contributed by atoms with van der Waals surface area (Å²) in [6.45, 7) is 1.97. The number of nitro benzene ring substituents is 1. The first-order valence-corrected chi connectivity index (χ1v) is 6.90. The zero-order valence-corrected chi connectivity index (χ0v) is 12.9. The van der Waals surface area contributed by atoms with Crippen LogP contribution in [0.15, 0.2) is 36.4 Å². The number of halogens is 2. The maximum absolute atomic E-state index is 10.7. The van der Waals surface area contributed by atoms with E-state index in [-0.39, 0.29) is 5.69 Å². The number of anilines is 2. The molecule has 1 N–H and O–H groups in total. The van der Waals surface area contributed by atoms with Gasteiger partial charge in [-0.15, -0.1) is 0 Å². The Labute approximate surface area is 129 Å². The van der Waals surface area contributed by atoms with E-state index in [1.54, 1.807) is 12.1 Å². The molecule has 0 aliphatic rings. The molecule has 4 nitrogen and oxygen atoms in total. The lowest BCUT2D eigenvalue weighted by atomic mass is 10.2. The van der Waals surface area contributed by atoms with E-state index in [1.807, 2.05) is 47.7 Å². The van der Waals surface area contributed by atoms with Gasteiger partial charge in [-0.05, 0) is 59.3 Å². The molecule has 2 rings (SSSR count). The molecule has 0 fully saturated rings. The predicted octanol–water partition coefficient (Wildman–Crippen LogP) is 4.90. The van der Waals surface area contributed by atoms with Gasteiger partial charge < -0.3 is 5.32 Å². The van der Waals surface area contributed by atoms with Gasteiger partial charge in [0.05, 0.1) is 19.2 Å². The maximum Gasteiger partial charge on any atom is 0.282 e. The normalized spacial score (nSPS) is 10.3. The minimum absolute atomic E-state index is 0.0986. The molecule has 0 aliphatic carbocycles. The minimum atomic E-state index is -0.398. The average Bonchev–Trinajstić information content (AvgIpc) is 2.33. The van der Waals surface area contributed by atoms with Crippen LogP contribution >= 0.6 is 34.2 Å². The van der Waals surface area contributed by atoms with Gasteiger partial charge in [-0.3, -0.25) is 10.1 Å². The highest BCUT2D eigenvalue weighted by molar-refractivity contribution is 14.1. The Kier molecular flexibility index (Phi) is 4.26. The Morgan fingerprint density at radius 2 is 2.00 bits per heavy atom. The number of hydrogen-bond donors (Lipinski definition) is 1. The van der Waals surface area contributed by atoms with Crippen LogP contribution in [0.3, 0.4) is 0 Å². The molecule has 0 bridgehead atoms. The fourth-order valence-electron chi connectivity index (χ4n) is 1.62. The van der Waals surface area contributed by atoms with Crippen LogP contribution in [0.2, 0.25) is 5.02 Å². The number of aryl methyl sites for hydroxylation is 1. The van der Waals surface area contributed by atoms with Crippen molar-refractivity contribution in [2.75, 3.05) is 5.32 Å². The highest BCUT2D eigenvalue weighted by Gasteiger charge is 2.12. The summed E-state index contributed by atoms with van der Waals surface area (Å²) in [7, 11) is 0. The lowest BCUT2D eigenvalue weighted by Gasteiger charge is -2.09. The van der Waals surface area contributed by atoms with Crippen LogP contribution < -0.4 is 5.32 Å². The molecule has 2 aromatic rings. The second-order valence-corrected chi connectivity index (χ2v) is 5.60. The summed E-state index contributed by atoms with van der Waals surface area (Å²) in [5.41, 5.74) is 2.74. The first kappa shape index (κ1) is 14.1. The van der Waals surface area contributed by atoms with Crippen LogP contribution in [0.5, 0.6) is 0 Å². The van der Waals surface area contributed by atoms with Crippen molar-refractivity contribution in [1.82, 2.24) is 0 Å². The van der Waals surface area contributed by atoms with Crippen molar-refractivity contribution in [3.63, 3.8) is 0 Å². The molecule has 0 heterocycles. The first-order chi connectivity index (χ1) is 8.97. The Morgan fingerprint density at radius 3 is 2.63 bits per heavy atom. The van der Waals surface area contributed by atoms with E-state index >= 15 is 0 Å². The number of nitrogens with zero attached hydrogens (tertiary/aromatic N) is 1. The summed E-state index contributed by atoms with van der Waals surface area (Å²) in [5, 5.41) is 14.5. The number of rotatable bonds is 3. The summed E-state index contributed by atoms with van der Waals surface area (Å²) in [6.07, 6.45) is 0. The lowest BCUT2D eigenvalue weighted by molar-refractivity contribution is -0.385. The molecule has 6 heteroatoms. The fraction of sp³-hybridized carbons (Fsp3) is 0.0769. The van der Waals surface area contributed by atoms with Gasteiger partial charge in [0.1, 0.15) is 0 Å². The Balaban J connectivity index is 2.31. The summed E-state index contributed by atoms with van der Waals surface area (Å²) in [4.78, 5) is 10.4. The second-order valence-electron chi connectivity index (χ2n) is 4.03. The van der Waals surface area contributed by atoms with E-state index in [4.69, 9.17) is 11.6 Å². The molecule has 0 amide bonds. The molecular weight excluding hydrogens is 379 g/mol. The van der Waals surface area contributed by atoms with Gasteiger partial charge in [0.15, 0.2) is 0 Å². The molecule has 0 saturated heterocycles. The lowest BCUT2D eigenvalue weighted by Crippen LogP contribution is -1.95. The highest BCUT2D eigenvalue weighted by atomic mass is 127. The molecule has 0 aromatic heterocycles. The van der Waals surface area contributed by atoms with Crippen LogP contribution in [0.1, 0.15) is 5.56 Å². The van der Waals surface area contributed by atoms with Gasteiger partial charge in [0, 0.05) is 11.8 Å². The summed E-state index contributed by atoms with van der Waals surface area (Å²) in [6, 6.07) is 10.5. The van der Waals surface area contributed by atoms with Crippen LogP contribution in [-0.4, -0.2) is 4.92 Å². The molecule has 0 spiro atoms. The summed E-state index contributed by atoms with van der Waals surface area (Å²) < 4.78 is 0.580. The van der Waals surface area contributed by atoms with E-state index in [0.29, 0.717) is 8.59 Å². The number of benzene rings is 2. The molecule has 0 unspecified atom stereocenters. The monoisotopic (exact) mass is 388 g/mol. The first-order valence-electron chi connectivity index (χ1n) is 5.44. The molecule has 2 aromatic carbocycles. The largest absolute Gasteiger partial charge is 0.354 e. The van der Waals surface area contributed by atoms with E-state index in [2.05, 4.69) is 5.32 Å². The van der Waals surface area contributed by atoms with Gasteiger partial charge in [-0.25, -0.2) is 0 Å². The molecular formula is C13H10ClIN2O2. The van der Waals surface area contributed by atoms with Crippen LogP contribution in [0.25, 0.3) is 0 Å². The van der Waals surface area contributed by atoms with Crippen molar-refractivity contribution in [2.24, 2.45) is 0 Å². The minimum Gasteiger partial charge on any atom is -0.354 e. The molecule has 0 radical (unpaired) electrons. The number of hydrogen-bond acceptors (Lipinski definition) is 3. The van der Waals surface area contributed by atoms with Crippen LogP contribution in [0.4, 0.5) is 17.1 Å². The molecule has 0 saturated carbocycles. The van der Waals surface area contributed by atoms with Crippen molar-refractivity contribution in [3.8, 4) is 0 Å². The zero-order valence-electron chi connectivity index (χ0n) is 9.98. The van der Waals surface area contributed by atoms with Crippen LogP contribution in [-0.2, 0) is 0 Å². The number of nitrogens with one attached hydrogen (secondary N) is 1. The standard InChI is InChI=1S/C13H10ClIN2O2/c1-8-2-4-10(14)12(6-8)16-9-3-5-13(17(18)19)11(15)7-9/h2-7,16H,1H3. The fourth-order valence-corrected chi connectivity index (χ4v) is 2.50. The van der Waals surface area contributed by atoms with Crippen molar-refractivity contribution < 1.29 is 4.92 Å². The van der Waals surface area contributed by atoms with Crippen molar-refractivity contribution >= 4 is 51.3 Å². The summed E-state index contributed by atoms with van der Waals surface area (Å²) >= 11 is 8.04. The zero-order chi connectivity index (χ0) is 14.0. The van der Waals surface area contributed by atoms with Crippen molar-refractivity contribution in [3.05, 3.63) is 60.7 Å². The van der Waals surface area contributed by atoms with E-state index in [9.17, 15) is 10.1 Å². The third kappa shape index (κ3) is 3.36. The van der Waals surface area contributed by atoms with Gasteiger partial charge in [-0.1, -0.05) is 17.7 Å². The smallest absolute Gasteiger partial charge is 0.282 e. The van der Waals surface area contributed by atoms with E-state index in [0.717, 1.165) is 16.9 Å². The maximum atomic E-state index is 10.7. The third-order valence-corrected chi connectivity index (χ3v) is 3.74. The predicted molar refractivity (Wildman–Crippen MR) is 85.3 cm³/mol. The number of nitro groups is 1. The topological polar surface area (TPSA) is 55.2 Å². The quantitative estimate of drug-likeness (QED) is 0.462. The average molecular weight is 389 g/mol. The molecule has 0 aliphatic heterocycles.